The molecular weight excluding hydrogens is 360 g/mol. The molecule has 6 heteroatoms. The van der Waals surface area contributed by atoms with Crippen LogP contribution in [0.4, 0.5) is 0 Å². The third-order valence-corrected chi connectivity index (χ3v) is 5.54. The molecule has 114 valence electrons. The summed E-state index contributed by atoms with van der Waals surface area (Å²) in [6.07, 6.45) is 6.08. The van der Waals surface area contributed by atoms with E-state index >= 15 is 0 Å². The summed E-state index contributed by atoms with van der Waals surface area (Å²) in [7, 11) is 0. The van der Waals surface area contributed by atoms with Gasteiger partial charge in [-0.15, -0.1) is 23.7 Å². The zero-order valence-electron chi connectivity index (χ0n) is 11.4. The Hall–Kier alpha value is -0.100. The number of thiophene rings is 1. The van der Waals surface area contributed by atoms with E-state index in [0.29, 0.717) is 24.9 Å². The molecule has 0 saturated heterocycles. The average molecular weight is 382 g/mol. The van der Waals surface area contributed by atoms with Crippen molar-refractivity contribution >= 4 is 45.6 Å². The minimum absolute atomic E-state index is 0. The van der Waals surface area contributed by atoms with Gasteiger partial charge in [-0.3, -0.25) is 4.79 Å². The minimum atomic E-state index is 0. The molecule has 1 amide bonds. The zero-order chi connectivity index (χ0) is 13.7. The van der Waals surface area contributed by atoms with E-state index in [-0.39, 0.29) is 18.3 Å². The highest BCUT2D eigenvalue weighted by molar-refractivity contribution is 9.10. The van der Waals surface area contributed by atoms with Gasteiger partial charge in [0.25, 0.3) is 0 Å². The smallest absolute Gasteiger partial charge is 0.220 e. The summed E-state index contributed by atoms with van der Waals surface area (Å²) < 4.78 is 1.10. The summed E-state index contributed by atoms with van der Waals surface area (Å²) in [5.41, 5.74) is 5.78. The standard InChI is InChI=1S/C14H21BrN2OS.ClH/c15-11-7-12(19-9-11)5-6-14(18)17-13-4-2-1-3-10(13)8-16;/h7,9-10,13H,1-6,8,16H2,(H,17,18);1H. The maximum atomic E-state index is 12.0. The van der Waals surface area contributed by atoms with Crippen LogP contribution >= 0.6 is 39.7 Å². The van der Waals surface area contributed by atoms with E-state index in [0.717, 1.165) is 23.7 Å². The van der Waals surface area contributed by atoms with Gasteiger partial charge in [-0.1, -0.05) is 12.8 Å². The number of rotatable bonds is 5. The van der Waals surface area contributed by atoms with Gasteiger partial charge in [-0.25, -0.2) is 0 Å². The Kier molecular flexibility index (Phi) is 8.10. The Morgan fingerprint density at radius 2 is 2.20 bits per heavy atom. The topological polar surface area (TPSA) is 55.1 Å². The SMILES string of the molecule is Cl.NCC1CCCCC1NC(=O)CCc1cc(Br)cs1. The maximum Gasteiger partial charge on any atom is 0.220 e. The molecule has 2 unspecified atom stereocenters. The Morgan fingerprint density at radius 1 is 1.45 bits per heavy atom. The van der Waals surface area contributed by atoms with Gasteiger partial charge in [0.1, 0.15) is 0 Å². The van der Waals surface area contributed by atoms with Gasteiger partial charge < -0.3 is 11.1 Å². The molecule has 1 heterocycles. The van der Waals surface area contributed by atoms with Gasteiger partial charge >= 0.3 is 0 Å². The van der Waals surface area contributed by atoms with Crippen molar-refractivity contribution in [3.63, 3.8) is 0 Å². The van der Waals surface area contributed by atoms with Crippen molar-refractivity contribution in [2.75, 3.05) is 6.54 Å². The van der Waals surface area contributed by atoms with Crippen LogP contribution in [0.3, 0.4) is 0 Å². The monoisotopic (exact) mass is 380 g/mol. The fraction of sp³-hybridized carbons (Fsp3) is 0.643. The van der Waals surface area contributed by atoms with Gasteiger partial charge in [-0.05, 0) is 53.7 Å². The number of halogens is 2. The first-order chi connectivity index (χ1) is 9.19. The lowest BCUT2D eigenvalue weighted by Gasteiger charge is -2.31. The molecule has 0 aliphatic heterocycles. The molecule has 2 rings (SSSR count). The van der Waals surface area contributed by atoms with Crippen molar-refractivity contribution < 1.29 is 4.79 Å². The van der Waals surface area contributed by atoms with Crippen LogP contribution in [0.15, 0.2) is 15.9 Å². The number of amides is 1. The van der Waals surface area contributed by atoms with Crippen molar-refractivity contribution in [2.45, 2.75) is 44.6 Å². The van der Waals surface area contributed by atoms with Crippen molar-refractivity contribution in [3.8, 4) is 0 Å². The summed E-state index contributed by atoms with van der Waals surface area (Å²) in [5.74, 6) is 0.628. The largest absolute Gasteiger partial charge is 0.353 e. The summed E-state index contributed by atoms with van der Waals surface area (Å²) in [5, 5.41) is 5.23. The van der Waals surface area contributed by atoms with Gasteiger partial charge in [0.2, 0.25) is 5.91 Å². The number of hydrogen-bond acceptors (Lipinski definition) is 3. The second kappa shape index (κ2) is 9.03. The predicted molar refractivity (Wildman–Crippen MR) is 90.5 cm³/mol. The minimum Gasteiger partial charge on any atom is -0.353 e. The van der Waals surface area contributed by atoms with Crippen LogP contribution in [0, 0.1) is 5.92 Å². The Morgan fingerprint density at radius 3 is 2.85 bits per heavy atom. The molecule has 2 atom stereocenters. The van der Waals surface area contributed by atoms with E-state index in [1.165, 1.54) is 17.7 Å². The van der Waals surface area contributed by atoms with Gasteiger partial charge in [0, 0.05) is 27.2 Å². The molecule has 3 N–H and O–H groups in total. The number of carbonyl (C=O) groups is 1. The first kappa shape index (κ1) is 18.0. The number of nitrogens with two attached hydrogens (primary N) is 1. The fourth-order valence-corrected chi connectivity index (χ4v) is 4.14. The van der Waals surface area contributed by atoms with E-state index in [1.807, 2.05) is 0 Å². The van der Waals surface area contributed by atoms with E-state index in [9.17, 15) is 4.79 Å². The molecule has 1 aliphatic rings. The van der Waals surface area contributed by atoms with Crippen molar-refractivity contribution in [1.82, 2.24) is 5.32 Å². The molecule has 0 aromatic carbocycles. The first-order valence-electron chi connectivity index (χ1n) is 6.91. The quantitative estimate of drug-likeness (QED) is 0.820. The van der Waals surface area contributed by atoms with Crippen LogP contribution < -0.4 is 11.1 Å². The molecule has 0 radical (unpaired) electrons. The lowest BCUT2D eigenvalue weighted by molar-refractivity contribution is -0.122. The molecule has 1 saturated carbocycles. The molecule has 1 aliphatic carbocycles. The molecule has 0 spiro atoms. The van der Waals surface area contributed by atoms with Crippen molar-refractivity contribution in [2.24, 2.45) is 11.7 Å². The van der Waals surface area contributed by atoms with E-state index in [4.69, 9.17) is 5.73 Å². The number of nitrogens with one attached hydrogen (secondary N) is 1. The molecule has 20 heavy (non-hydrogen) atoms. The second-order valence-corrected chi connectivity index (χ2v) is 7.10. The molecule has 1 aromatic heterocycles. The summed E-state index contributed by atoms with van der Waals surface area (Å²) >= 11 is 5.13. The molecule has 1 fully saturated rings. The van der Waals surface area contributed by atoms with Gasteiger partial charge in [-0.2, -0.15) is 0 Å². The number of hydrogen-bond donors (Lipinski definition) is 2. The average Bonchev–Trinajstić information content (AvgIpc) is 2.83. The van der Waals surface area contributed by atoms with E-state index < -0.39 is 0 Å². The van der Waals surface area contributed by atoms with Crippen LogP contribution in [0.5, 0.6) is 0 Å². The highest BCUT2D eigenvalue weighted by Gasteiger charge is 2.25. The molecular formula is C14H22BrClN2OS. The Labute approximate surface area is 139 Å². The Balaban J connectivity index is 0.00000200. The zero-order valence-corrected chi connectivity index (χ0v) is 14.7. The third kappa shape index (κ3) is 5.35. The molecule has 3 nitrogen and oxygen atoms in total. The fourth-order valence-electron chi connectivity index (χ4n) is 2.68. The van der Waals surface area contributed by atoms with Crippen molar-refractivity contribution in [3.05, 3.63) is 20.8 Å². The van der Waals surface area contributed by atoms with Crippen LogP contribution in [0.1, 0.15) is 37.0 Å². The Bertz CT molecular complexity index is 427. The van der Waals surface area contributed by atoms with Crippen LogP contribution in [0.25, 0.3) is 0 Å². The van der Waals surface area contributed by atoms with Crippen LogP contribution in [-0.2, 0) is 11.2 Å². The normalized spacial score (nSPS) is 22.1. The second-order valence-electron chi connectivity index (χ2n) is 5.19. The van der Waals surface area contributed by atoms with Gasteiger partial charge in [0.05, 0.1) is 0 Å². The van der Waals surface area contributed by atoms with E-state index in [1.54, 1.807) is 11.3 Å². The van der Waals surface area contributed by atoms with Gasteiger partial charge in [0.15, 0.2) is 0 Å². The lowest BCUT2D eigenvalue weighted by atomic mass is 9.84. The highest BCUT2D eigenvalue weighted by atomic mass is 79.9. The summed E-state index contributed by atoms with van der Waals surface area (Å²) in [6, 6.07) is 2.38. The van der Waals surface area contributed by atoms with Crippen LogP contribution in [-0.4, -0.2) is 18.5 Å². The number of aryl methyl sites for hydroxylation is 1. The number of carbonyl (C=O) groups excluding carboxylic acids is 1. The molecule has 0 bridgehead atoms. The van der Waals surface area contributed by atoms with Crippen molar-refractivity contribution in [1.29, 1.82) is 0 Å². The summed E-state index contributed by atoms with van der Waals surface area (Å²) in [6.45, 7) is 0.683. The lowest BCUT2D eigenvalue weighted by Crippen LogP contribution is -2.44. The first-order valence-corrected chi connectivity index (χ1v) is 8.58. The predicted octanol–water partition coefficient (Wildman–Crippen LogP) is 3.50. The highest BCUT2D eigenvalue weighted by Crippen LogP contribution is 2.24. The third-order valence-electron chi connectivity index (χ3n) is 3.78. The maximum absolute atomic E-state index is 12.0. The van der Waals surface area contributed by atoms with Crippen LogP contribution in [0.2, 0.25) is 0 Å². The van der Waals surface area contributed by atoms with E-state index in [2.05, 4.69) is 32.7 Å². The summed E-state index contributed by atoms with van der Waals surface area (Å²) in [4.78, 5) is 13.2. The molecule has 1 aromatic rings.